The molecule has 1 radical (unpaired) electrons. The van der Waals surface area contributed by atoms with Gasteiger partial charge in [-0.2, -0.15) is 0 Å². The fourth-order valence-corrected chi connectivity index (χ4v) is 0.300. The second-order valence-corrected chi connectivity index (χ2v) is 1.61. The molecule has 0 bridgehead atoms. The van der Waals surface area contributed by atoms with E-state index in [0.29, 0.717) is 0 Å². The minimum absolute atomic E-state index is 0. The summed E-state index contributed by atoms with van der Waals surface area (Å²) in [7, 11) is -1.42. The molecule has 0 atom stereocenters. The van der Waals surface area contributed by atoms with Crippen molar-refractivity contribution in [2.75, 3.05) is 6.79 Å². The van der Waals surface area contributed by atoms with Gasteiger partial charge in [0.1, 0.15) is 0 Å². The van der Waals surface area contributed by atoms with Crippen molar-refractivity contribution >= 4 is 8.60 Å². The summed E-state index contributed by atoms with van der Waals surface area (Å²) in [5, 5.41) is 0. The van der Waals surface area contributed by atoms with Crippen molar-refractivity contribution in [2.45, 2.75) is 0 Å². The molecule has 1 heterocycles. The number of hydrogen-bond donors (Lipinski definition) is 1. The molecule has 0 aromatic carbocycles. The molecule has 7 heavy (non-hydrogen) atoms. The van der Waals surface area contributed by atoms with Gasteiger partial charge < -0.3 is 10.4 Å². The normalized spacial score (nSPS) is 18.4. The molecular formula is CH5O4PY. The summed E-state index contributed by atoms with van der Waals surface area (Å²) in [4.78, 5) is 8.07. The maximum atomic E-state index is 8.07. The van der Waals surface area contributed by atoms with Crippen molar-refractivity contribution in [2.24, 2.45) is 0 Å². The van der Waals surface area contributed by atoms with Gasteiger partial charge in [0.15, 0.2) is 6.79 Å². The van der Waals surface area contributed by atoms with E-state index in [1.807, 2.05) is 0 Å². The van der Waals surface area contributed by atoms with E-state index in [0.717, 1.165) is 0 Å². The molecule has 3 N–H and O–H groups in total. The standard InChI is InChI=1S/CH3O3P.H2O.Y/c2-5-3-1-4-5;;/h2H,1H2;1H2;. The van der Waals surface area contributed by atoms with Gasteiger partial charge in [0.05, 0.1) is 0 Å². The van der Waals surface area contributed by atoms with E-state index in [9.17, 15) is 0 Å². The van der Waals surface area contributed by atoms with Crippen molar-refractivity contribution in [1.29, 1.82) is 0 Å². The van der Waals surface area contributed by atoms with Gasteiger partial charge in [0.2, 0.25) is 0 Å². The van der Waals surface area contributed by atoms with Gasteiger partial charge in [-0.15, -0.1) is 0 Å². The van der Waals surface area contributed by atoms with Crippen LogP contribution in [0, 0.1) is 0 Å². The van der Waals surface area contributed by atoms with Crippen LogP contribution >= 0.6 is 8.60 Å². The van der Waals surface area contributed by atoms with E-state index in [1.54, 1.807) is 0 Å². The first-order chi connectivity index (χ1) is 2.39. The van der Waals surface area contributed by atoms with Crippen LogP contribution in [-0.2, 0) is 41.8 Å². The van der Waals surface area contributed by atoms with Gasteiger partial charge in [-0.05, 0) is 0 Å². The largest absolute Gasteiger partial charge is 0.412 e. The van der Waals surface area contributed by atoms with Crippen molar-refractivity contribution < 1.29 is 52.1 Å². The molecule has 6 heteroatoms. The summed E-state index contributed by atoms with van der Waals surface area (Å²) in [6, 6.07) is 0. The maximum absolute atomic E-state index is 8.07. The molecule has 1 saturated heterocycles. The fourth-order valence-electron chi connectivity index (χ4n) is 0.0998. The average molecular weight is 201 g/mol. The maximum Gasteiger partial charge on any atom is 0.334 e. The van der Waals surface area contributed by atoms with Crippen molar-refractivity contribution in [3.05, 3.63) is 0 Å². The van der Waals surface area contributed by atoms with Crippen molar-refractivity contribution in [3.63, 3.8) is 0 Å². The van der Waals surface area contributed by atoms with Crippen molar-refractivity contribution in [1.82, 2.24) is 0 Å². The van der Waals surface area contributed by atoms with Crippen LogP contribution in [0.2, 0.25) is 0 Å². The molecule has 1 fully saturated rings. The van der Waals surface area contributed by atoms with Crippen LogP contribution in [0.4, 0.5) is 0 Å². The van der Waals surface area contributed by atoms with Crippen LogP contribution in [0.15, 0.2) is 0 Å². The Kier molecular flexibility index (Phi) is 8.82. The zero-order chi connectivity index (χ0) is 3.70. The third-order valence-electron chi connectivity index (χ3n) is 0.326. The SMILES string of the molecule is O.OP1OCO1.[Y]. The Morgan fingerprint density at radius 2 is 1.71 bits per heavy atom. The fraction of sp³-hybridized carbons (Fsp3) is 1.00. The summed E-state index contributed by atoms with van der Waals surface area (Å²) in [6.07, 6.45) is 0. The zero-order valence-electron chi connectivity index (χ0n) is 3.50. The van der Waals surface area contributed by atoms with Gasteiger partial charge in [-0.3, -0.25) is 9.05 Å². The van der Waals surface area contributed by atoms with Crippen LogP contribution in [0.1, 0.15) is 0 Å². The predicted molar refractivity (Wildman–Crippen MR) is 19.8 cm³/mol. The van der Waals surface area contributed by atoms with E-state index in [1.165, 1.54) is 0 Å². The zero-order valence-corrected chi connectivity index (χ0v) is 7.23. The second kappa shape index (κ2) is 5.51. The topological polar surface area (TPSA) is 70.2 Å². The first-order valence-electron chi connectivity index (χ1n) is 1.14. The van der Waals surface area contributed by atoms with Crippen LogP contribution in [0.25, 0.3) is 0 Å². The molecule has 1 aliphatic heterocycles. The Bertz CT molecular complexity index is 38.7. The van der Waals surface area contributed by atoms with E-state index in [2.05, 4.69) is 9.05 Å². The van der Waals surface area contributed by atoms with Crippen LogP contribution in [-0.4, -0.2) is 17.2 Å². The number of rotatable bonds is 0. The Morgan fingerprint density at radius 1 is 1.43 bits per heavy atom. The van der Waals surface area contributed by atoms with E-state index in [-0.39, 0.29) is 45.0 Å². The first kappa shape index (κ1) is 11.2. The van der Waals surface area contributed by atoms with Gasteiger partial charge in [-0.1, -0.05) is 0 Å². The monoisotopic (exact) mass is 201 g/mol. The average Bonchev–Trinajstić information content (AvgIpc) is 1.30. The Morgan fingerprint density at radius 3 is 1.71 bits per heavy atom. The minimum Gasteiger partial charge on any atom is -0.412 e. The van der Waals surface area contributed by atoms with Gasteiger partial charge in [0, 0.05) is 32.7 Å². The summed E-state index contributed by atoms with van der Waals surface area (Å²) >= 11 is 0. The van der Waals surface area contributed by atoms with Crippen molar-refractivity contribution in [3.8, 4) is 0 Å². The molecule has 4 nitrogen and oxygen atoms in total. The Balaban J connectivity index is 0. The molecule has 0 saturated carbocycles. The Labute approximate surface area is 67.4 Å². The summed E-state index contributed by atoms with van der Waals surface area (Å²) in [6.45, 7) is 0.266. The Hall–Kier alpha value is 1.37. The molecule has 0 amide bonds. The van der Waals surface area contributed by atoms with Gasteiger partial charge in [-0.25, -0.2) is 0 Å². The van der Waals surface area contributed by atoms with E-state index in [4.69, 9.17) is 4.89 Å². The minimum atomic E-state index is -1.42. The molecule has 0 aromatic heterocycles. The van der Waals surface area contributed by atoms with Crippen LogP contribution in [0.5, 0.6) is 0 Å². The second-order valence-electron chi connectivity index (χ2n) is 0.614. The van der Waals surface area contributed by atoms with Gasteiger partial charge >= 0.3 is 8.60 Å². The number of hydrogen-bond acceptors (Lipinski definition) is 3. The third kappa shape index (κ3) is 3.92. The van der Waals surface area contributed by atoms with Crippen LogP contribution < -0.4 is 0 Å². The summed E-state index contributed by atoms with van der Waals surface area (Å²) < 4.78 is 8.66. The molecular weight excluding hydrogens is 196 g/mol. The quantitative estimate of drug-likeness (QED) is 0.531. The molecule has 0 aliphatic carbocycles. The van der Waals surface area contributed by atoms with Crippen LogP contribution in [0.3, 0.4) is 0 Å². The summed E-state index contributed by atoms with van der Waals surface area (Å²) in [5.41, 5.74) is 0. The summed E-state index contributed by atoms with van der Waals surface area (Å²) in [5.74, 6) is 0. The smallest absolute Gasteiger partial charge is 0.334 e. The predicted octanol–water partition coefficient (Wildman–Crippen LogP) is -0.617. The third-order valence-corrected chi connectivity index (χ3v) is 0.979. The molecule has 41 valence electrons. The van der Waals surface area contributed by atoms with Gasteiger partial charge in [0.25, 0.3) is 0 Å². The molecule has 0 unspecified atom stereocenters. The molecule has 0 spiro atoms. The van der Waals surface area contributed by atoms with E-state index < -0.39 is 8.60 Å². The molecule has 0 aromatic rings. The molecule has 1 rings (SSSR count). The van der Waals surface area contributed by atoms with E-state index >= 15 is 0 Å². The first-order valence-corrected chi connectivity index (χ1v) is 2.27. The molecule has 1 aliphatic rings.